The Bertz CT molecular complexity index is 1160. The van der Waals surface area contributed by atoms with E-state index in [0.29, 0.717) is 75.8 Å². The van der Waals surface area contributed by atoms with E-state index in [1.165, 1.54) is 6.07 Å². The van der Waals surface area contributed by atoms with E-state index in [4.69, 9.17) is 19.9 Å². The van der Waals surface area contributed by atoms with Crippen LogP contribution in [0.4, 0.5) is 4.39 Å². The van der Waals surface area contributed by atoms with Gasteiger partial charge in [0.1, 0.15) is 17.9 Å². The first-order valence-electron chi connectivity index (χ1n) is 11.9. The van der Waals surface area contributed by atoms with Gasteiger partial charge in [0.25, 0.3) is 5.91 Å². The van der Waals surface area contributed by atoms with Crippen LogP contribution < -0.4 is 10.5 Å². The van der Waals surface area contributed by atoms with Gasteiger partial charge in [-0.3, -0.25) is 4.79 Å². The molecule has 3 aromatic rings. The molecule has 0 saturated carbocycles. The summed E-state index contributed by atoms with van der Waals surface area (Å²) >= 11 is 0. The molecule has 1 saturated heterocycles. The van der Waals surface area contributed by atoms with Gasteiger partial charge in [-0.25, -0.2) is 9.37 Å². The zero-order chi connectivity index (χ0) is 24.8. The van der Waals surface area contributed by atoms with Crippen LogP contribution in [0.15, 0.2) is 36.7 Å². The van der Waals surface area contributed by atoms with Crippen molar-refractivity contribution in [1.82, 2.24) is 14.5 Å². The summed E-state index contributed by atoms with van der Waals surface area (Å²) in [6.07, 6.45) is 4.91. The van der Waals surface area contributed by atoms with Gasteiger partial charge < -0.3 is 29.4 Å². The number of hydrogen-bond donors (Lipinski definition) is 1. The summed E-state index contributed by atoms with van der Waals surface area (Å²) in [6.45, 7) is 3.34. The predicted octanol–water partition coefficient (Wildman–Crippen LogP) is 3.75. The Labute approximate surface area is 216 Å². The zero-order valence-corrected chi connectivity index (χ0v) is 21.6. The van der Waals surface area contributed by atoms with Crippen molar-refractivity contribution in [3.63, 3.8) is 0 Å². The SMILES string of the molecule is COCCOc1nccc2c(C(=O)N3CCC(c4cc(CN)ccc4F)CC3)cn(CCOC)c12.Cl. The summed E-state index contributed by atoms with van der Waals surface area (Å²) in [5.74, 6) is 0.277. The molecule has 0 unspecified atom stereocenters. The number of amides is 1. The first-order valence-corrected chi connectivity index (χ1v) is 11.9. The Hall–Kier alpha value is -2.72. The minimum Gasteiger partial charge on any atom is -0.474 e. The Morgan fingerprint density at radius 1 is 1.14 bits per heavy atom. The number of pyridine rings is 1. The van der Waals surface area contributed by atoms with Gasteiger partial charge in [-0.15, -0.1) is 12.4 Å². The van der Waals surface area contributed by atoms with Crippen molar-refractivity contribution in [2.24, 2.45) is 5.73 Å². The molecule has 0 spiro atoms. The van der Waals surface area contributed by atoms with Crippen LogP contribution in [0, 0.1) is 5.82 Å². The van der Waals surface area contributed by atoms with E-state index in [2.05, 4.69) is 4.98 Å². The number of nitrogens with zero attached hydrogens (tertiary/aromatic N) is 3. The number of carbonyl (C=O) groups is 1. The van der Waals surface area contributed by atoms with Crippen LogP contribution >= 0.6 is 12.4 Å². The Balaban J connectivity index is 0.00000361. The topological polar surface area (TPSA) is 91.8 Å². The quantitative estimate of drug-likeness (QED) is 0.409. The molecule has 1 aliphatic rings. The van der Waals surface area contributed by atoms with Crippen LogP contribution in [0.5, 0.6) is 5.88 Å². The second-order valence-corrected chi connectivity index (χ2v) is 8.71. The zero-order valence-electron chi connectivity index (χ0n) is 20.7. The van der Waals surface area contributed by atoms with Crippen molar-refractivity contribution in [1.29, 1.82) is 0 Å². The van der Waals surface area contributed by atoms with Crippen LogP contribution in [-0.4, -0.2) is 67.5 Å². The highest BCUT2D eigenvalue weighted by Gasteiger charge is 2.28. The van der Waals surface area contributed by atoms with Gasteiger partial charge in [0.15, 0.2) is 0 Å². The molecule has 1 fully saturated rings. The first-order chi connectivity index (χ1) is 17.1. The Morgan fingerprint density at radius 2 is 1.89 bits per heavy atom. The van der Waals surface area contributed by atoms with Crippen LogP contribution in [0.25, 0.3) is 10.9 Å². The second kappa shape index (κ2) is 13.0. The molecule has 8 nitrogen and oxygen atoms in total. The fourth-order valence-corrected chi connectivity index (χ4v) is 4.68. The lowest BCUT2D eigenvalue weighted by Crippen LogP contribution is -2.38. The molecule has 2 N–H and O–H groups in total. The molecule has 0 aliphatic carbocycles. The number of aromatic nitrogens is 2. The number of piperidine rings is 1. The standard InChI is InChI=1S/C26H33FN4O4.ClH/c1-33-12-11-31-17-22(20-5-8-29-25(24(20)31)35-14-13-34-2)26(32)30-9-6-19(7-10-30)21-15-18(16-28)3-4-23(21)27;/h3-5,8,15,17,19H,6-7,9-14,16,28H2,1-2H3;1H. The van der Waals surface area contributed by atoms with Crippen molar-refractivity contribution in [3.8, 4) is 5.88 Å². The monoisotopic (exact) mass is 520 g/mol. The number of halogens is 2. The number of ether oxygens (including phenoxy) is 3. The average molecular weight is 521 g/mol. The summed E-state index contributed by atoms with van der Waals surface area (Å²) in [7, 11) is 3.25. The lowest BCUT2D eigenvalue weighted by Gasteiger charge is -2.32. The maximum absolute atomic E-state index is 14.5. The summed E-state index contributed by atoms with van der Waals surface area (Å²) in [6, 6.07) is 6.91. The number of carbonyl (C=O) groups excluding carboxylic acids is 1. The molecule has 0 bridgehead atoms. The van der Waals surface area contributed by atoms with Gasteiger partial charge in [0.05, 0.1) is 18.8 Å². The molecule has 10 heteroatoms. The van der Waals surface area contributed by atoms with Gasteiger partial charge >= 0.3 is 0 Å². The van der Waals surface area contributed by atoms with Gasteiger partial charge in [0.2, 0.25) is 5.88 Å². The lowest BCUT2D eigenvalue weighted by atomic mass is 9.88. The van der Waals surface area contributed by atoms with E-state index in [1.54, 1.807) is 26.5 Å². The largest absolute Gasteiger partial charge is 0.474 e. The third-order valence-corrected chi connectivity index (χ3v) is 6.56. The normalized spacial score (nSPS) is 14.2. The fourth-order valence-electron chi connectivity index (χ4n) is 4.68. The highest BCUT2D eigenvalue weighted by molar-refractivity contribution is 6.08. The van der Waals surface area contributed by atoms with E-state index in [-0.39, 0.29) is 30.0 Å². The number of rotatable bonds is 10. The molecule has 3 heterocycles. The maximum Gasteiger partial charge on any atom is 0.256 e. The Morgan fingerprint density at radius 3 is 2.58 bits per heavy atom. The van der Waals surface area contributed by atoms with Crippen LogP contribution in [-0.2, 0) is 22.6 Å². The van der Waals surface area contributed by atoms with Crippen LogP contribution in [0.2, 0.25) is 0 Å². The number of benzene rings is 1. The third kappa shape index (κ3) is 5.98. The average Bonchev–Trinajstić information content (AvgIpc) is 3.27. The van der Waals surface area contributed by atoms with Crippen molar-refractivity contribution in [2.75, 3.05) is 47.1 Å². The van der Waals surface area contributed by atoms with E-state index in [9.17, 15) is 9.18 Å². The smallest absolute Gasteiger partial charge is 0.256 e. The highest BCUT2D eigenvalue weighted by Crippen LogP contribution is 2.33. The van der Waals surface area contributed by atoms with Gasteiger partial charge in [0, 0.05) is 58.2 Å². The third-order valence-electron chi connectivity index (χ3n) is 6.56. The number of likely N-dealkylation sites (tertiary alicyclic amines) is 1. The molecule has 4 rings (SSSR count). The van der Waals surface area contributed by atoms with E-state index in [1.807, 2.05) is 27.8 Å². The predicted molar refractivity (Wildman–Crippen MR) is 138 cm³/mol. The molecule has 1 amide bonds. The number of methoxy groups -OCH3 is 2. The number of hydrogen-bond acceptors (Lipinski definition) is 6. The summed E-state index contributed by atoms with van der Waals surface area (Å²) in [5, 5.41) is 0.789. The van der Waals surface area contributed by atoms with Crippen molar-refractivity contribution < 1.29 is 23.4 Å². The summed E-state index contributed by atoms with van der Waals surface area (Å²) in [5.41, 5.74) is 8.72. The molecule has 1 aromatic carbocycles. The van der Waals surface area contributed by atoms with Crippen molar-refractivity contribution >= 4 is 29.2 Å². The molecular formula is C26H34ClFN4O4. The van der Waals surface area contributed by atoms with E-state index >= 15 is 0 Å². The maximum atomic E-state index is 14.5. The number of fused-ring (bicyclic) bond motifs is 1. The highest BCUT2D eigenvalue weighted by atomic mass is 35.5. The van der Waals surface area contributed by atoms with Gasteiger partial charge in [-0.2, -0.15) is 0 Å². The number of nitrogens with two attached hydrogens (primary N) is 1. The minimum atomic E-state index is -0.207. The first kappa shape index (κ1) is 27.9. The fraction of sp³-hybridized carbons (Fsp3) is 0.462. The molecule has 196 valence electrons. The van der Waals surface area contributed by atoms with Crippen LogP contribution in [0.1, 0.15) is 40.2 Å². The summed E-state index contributed by atoms with van der Waals surface area (Å²) in [4.78, 5) is 19.8. The molecule has 36 heavy (non-hydrogen) atoms. The van der Waals surface area contributed by atoms with Crippen molar-refractivity contribution in [3.05, 3.63) is 59.2 Å². The van der Waals surface area contributed by atoms with Gasteiger partial charge in [-0.05, 0) is 42.0 Å². The second-order valence-electron chi connectivity index (χ2n) is 8.71. The van der Waals surface area contributed by atoms with E-state index in [0.717, 1.165) is 16.5 Å². The lowest BCUT2D eigenvalue weighted by molar-refractivity contribution is 0.0714. The molecule has 0 radical (unpaired) electrons. The van der Waals surface area contributed by atoms with Crippen LogP contribution in [0.3, 0.4) is 0 Å². The minimum absolute atomic E-state index is 0. The summed E-state index contributed by atoms with van der Waals surface area (Å²) < 4.78 is 32.6. The molecular weight excluding hydrogens is 487 g/mol. The molecule has 2 aromatic heterocycles. The van der Waals surface area contributed by atoms with Crippen molar-refractivity contribution in [2.45, 2.75) is 31.8 Å². The molecule has 1 aliphatic heterocycles. The van der Waals surface area contributed by atoms with Gasteiger partial charge in [-0.1, -0.05) is 12.1 Å². The van der Waals surface area contributed by atoms with E-state index < -0.39 is 0 Å². The Kier molecular flexibility index (Phi) is 10.1. The molecule has 0 atom stereocenters.